The van der Waals surface area contributed by atoms with E-state index in [2.05, 4.69) is 10.1 Å². The van der Waals surface area contributed by atoms with E-state index in [1.54, 1.807) is 12.1 Å². The lowest BCUT2D eigenvalue weighted by Crippen LogP contribution is -2.31. The van der Waals surface area contributed by atoms with Gasteiger partial charge >= 0.3 is 0 Å². The fourth-order valence-electron chi connectivity index (χ4n) is 1.03. The van der Waals surface area contributed by atoms with Gasteiger partial charge in [0.15, 0.2) is 17.6 Å². The quantitative estimate of drug-likeness (QED) is 0.444. The molecule has 6 nitrogen and oxygen atoms in total. The smallest absolute Gasteiger partial charge is 0.209 e. The van der Waals surface area contributed by atoms with Gasteiger partial charge < -0.3 is 10.4 Å². The zero-order valence-electron chi connectivity index (χ0n) is 7.07. The molecule has 0 aliphatic carbocycles. The van der Waals surface area contributed by atoms with Gasteiger partial charge in [-0.15, -0.1) is 0 Å². The normalized spacial score (nSPS) is 10.0. The lowest BCUT2D eigenvalue weighted by Gasteiger charge is -1.98. The topological polar surface area (TPSA) is 79.7 Å². The molecule has 2 heterocycles. The zero-order valence-corrected chi connectivity index (χ0v) is 7.07. The van der Waals surface area contributed by atoms with Crippen LogP contribution in [0.2, 0.25) is 0 Å². The third kappa shape index (κ3) is 1.58. The molecule has 0 amide bonds. The van der Waals surface area contributed by atoms with Crippen molar-refractivity contribution in [1.29, 1.82) is 0 Å². The zero-order chi connectivity index (χ0) is 9.97. The Morgan fingerprint density at radius 1 is 1.14 bits per heavy atom. The molecule has 14 heavy (non-hydrogen) atoms. The van der Waals surface area contributed by atoms with Crippen LogP contribution in [-0.2, 0) is 0 Å². The second-order valence-corrected chi connectivity index (χ2v) is 2.60. The number of nitrogens with zero attached hydrogens (tertiary/aromatic N) is 4. The van der Waals surface area contributed by atoms with Gasteiger partial charge in [0.05, 0.1) is 6.20 Å². The third-order valence-corrected chi connectivity index (χ3v) is 1.61. The second kappa shape index (κ2) is 3.25. The van der Waals surface area contributed by atoms with E-state index in [1.165, 1.54) is 24.8 Å². The summed E-state index contributed by atoms with van der Waals surface area (Å²) in [5.74, 6) is 0. The second-order valence-electron chi connectivity index (χ2n) is 2.60. The molecule has 0 aliphatic heterocycles. The van der Waals surface area contributed by atoms with Crippen LogP contribution in [0.25, 0.3) is 11.4 Å². The fourth-order valence-corrected chi connectivity index (χ4v) is 1.03. The van der Waals surface area contributed by atoms with E-state index in [0.29, 0.717) is 21.0 Å². The van der Waals surface area contributed by atoms with Gasteiger partial charge in [-0.05, 0) is 6.07 Å². The van der Waals surface area contributed by atoms with Crippen LogP contribution in [0.15, 0.2) is 36.9 Å². The minimum atomic E-state index is 0.368. The molecule has 0 saturated heterocycles. The maximum Gasteiger partial charge on any atom is 0.209 e. The van der Waals surface area contributed by atoms with Gasteiger partial charge in [0.2, 0.25) is 12.4 Å². The summed E-state index contributed by atoms with van der Waals surface area (Å²) < 4.78 is 0.603. The maximum absolute atomic E-state index is 10.9. The van der Waals surface area contributed by atoms with Crippen molar-refractivity contribution in [3.63, 3.8) is 0 Å². The van der Waals surface area contributed by atoms with Gasteiger partial charge in [0, 0.05) is 11.2 Å². The van der Waals surface area contributed by atoms with Crippen LogP contribution in [0.1, 0.15) is 0 Å². The van der Waals surface area contributed by atoms with Gasteiger partial charge in [0.1, 0.15) is 0 Å². The molecule has 0 saturated carbocycles. The summed E-state index contributed by atoms with van der Waals surface area (Å²) in [6, 6.07) is 3.15. The fraction of sp³-hybridized carbons (Fsp3) is 0. The van der Waals surface area contributed by atoms with E-state index in [-0.39, 0.29) is 0 Å². The van der Waals surface area contributed by atoms with Crippen LogP contribution in [-0.4, -0.2) is 10.1 Å². The van der Waals surface area contributed by atoms with Crippen LogP contribution in [0.4, 0.5) is 0 Å². The first kappa shape index (κ1) is 8.36. The molecule has 2 aromatic heterocycles. The molecule has 0 radical (unpaired) electrons. The Morgan fingerprint density at radius 2 is 2.00 bits per heavy atom. The number of hydrogen-bond acceptors (Lipinski definition) is 4. The minimum absolute atomic E-state index is 0.368. The van der Waals surface area contributed by atoms with Crippen molar-refractivity contribution >= 4 is 0 Å². The monoisotopic (exact) mass is 190 g/mol. The summed E-state index contributed by atoms with van der Waals surface area (Å²) in [7, 11) is 0. The van der Waals surface area contributed by atoms with Crippen molar-refractivity contribution in [2.45, 2.75) is 0 Å². The van der Waals surface area contributed by atoms with Gasteiger partial charge in [-0.2, -0.15) is 4.73 Å². The molecule has 0 bridgehead atoms. The number of hydrogen-bond donors (Lipinski definition) is 0. The molecular weight excluding hydrogens is 184 g/mol. The SMILES string of the molecule is [O-][n+]1ccnc(-c2ccc[n+]([O-])n2)c1. The number of rotatable bonds is 1. The summed E-state index contributed by atoms with van der Waals surface area (Å²) in [6.45, 7) is 0. The van der Waals surface area contributed by atoms with E-state index in [1.807, 2.05) is 0 Å². The van der Waals surface area contributed by atoms with E-state index >= 15 is 0 Å². The molecule has 0 spiro atoms. The molecular formula is C8H6N4O2. The largest absolute Gasteiger partial charge is 0.619 e. The Bertz CT molecular complexity index is 417. The summed E-state index contributed by atoms with van der Waals surface area (Å²) in [6.07, 6.45) is 5.13. The molecule has 0 aromatic carbocycles. The molecule has 70 valence electrons. The molecule has 0 N–H and O–H groups in total. The van der Waals surface area contributed by atoms with Crippen molar-refractivity contribution in [2.75, 3.05) is 0 Å². The van der Waals surface area contributed by atoms with Crippen molar-refractivity contribution in [1.82, 2.24) is 10.1 Å². The summed E-state index contributed by atoms with van der Waals surface area (Å²) in [5, 5.41) is 25.4. The summed E-state index contributed by atoms with van der Waals surface area (Å²) in [5.41, 5.74) is 0.736. The molecule has 6 heteroatoms. The van der Waals surface area contributed by atoms with Crippen LogP contribution < -0.4 is 9.58 Å². The highest BCUT2D eigenvalue weighted by Crippen LogP contribution is 2.07. The highest BCUT2D eigenvalue weighted by molar-refractivity contribution is 5.49. The highest BCUT2D eigenvalue weighted by atomic mass is 16.5. The van der Waals surface area contributed by atoms with Gasteiger partial charge in [-0.1, -0.05) is 4.85 Å². The van der Waals surface area contributed by atoms with Crippen molar-refractivity contribution in [3.8, 4) is 11.4 Å². The molecule has 0 aliphatic rings. The average molecular weight is 190 g/mol. The predicted octanol–water partition coefficient (Wildman–Crippen LogP) is -0.590. The van der Waals surface area contributed by atoms with E-state index < -0.39 is 0 Å². The molecule has 0 unspecified atom stereocenters. The Labute approximate surface area is 79.3 Å². The molecule has 0 fully saturated rings. The van der Waals surface area contributed by atoms with Crippen molar-refractivity contribution in [2.24, 2.45) is 0 Å². The van der Waals surface area contributed by atoms with E-state index in [9.17, 15) is 10.4 Å². The van der Waals surface area contributed by atoms with Gasteiger partial charge in [-0.25, -0.2) is 4.98 Å². The van der Waals surface area contributed by atoms with E-state index in [0.717, 1.165) is 0 Å². The Balaban J connectivity index is 2.49. The minimum Gasteiger partial charge on any atom is -0.619 e. The Morgan fingerprint density at radius 3 is 2.71 bits per heavy atom. The summed E-state index contributed by atoms with van der Waals surface area (Å²) >= 11 is 0. The molecule has 2 aromatic rings. The van der Waals surface area contributed by atoms with Gasteiger partial charge in [-0.3, -0.25) is 0 Å². The first-order valence-electron chi connectivity index (χ1n) is 3.87. The first-order valence-corrected chi connectivity index (χ1v) is 3.87. The van der Waals surface area contributed by atoms with Crippen molar-refractivity contribution < 1.29 is 9.58 Å². The van der Waals surface area contributed by atoms with Crippen LogP contribution in [0.3, 0.4) is 0 Å². The maximum atomic E-state index is 10.9. The summed E-state index contributed by atoms with van der Waals surface area (Å²) in [4.78, 5) is 4.33. The van der Waals surface area contributed by atoms with Crippen LogP contribution in [0, 0.1) is 10.4 Å². The Kier molecular flexibility index (Phi) is 1.94. The van der Waals surface area contributed by atoms with Crippen LogP contribution in [0.5, 0.6) is 0 Å². The lowest BCUT2D eigenvalue weighted by molar-refractivity contribution is -0.668. The first-order chi connectivity index (χ1) is 6.75. The van der Waals surface area contributed by atoms with E-state index in [4.69, 9.17) is 0 Å². The standard InChI is InChI=1S/C8H6N4O2/c13-11-5-3-9-8(6-11)7-2-1-4-12(14)10-7/h1-6H. The van der Waals surface area contributed by atoms with Crippen LogP contribution >= 0.6 is 0 Å². The predicted molar refractivity (Wildman–Crippen MR) is 45.4 cm³/mol. The number of aromatic nitrogens is 4. The lowest BCUT2D eigenvalue weighted by atomic mass is 10.3. The third-order valence-electron chi connectivity index (χ3n) is 1.61. The van der Waals surface area contributed by atoms with Crippen molar-refractivity contribution in [3.05, 3.63) is 47.3 Å². The Hall–Kier alpha value is -2.24. The molecule has 0 atom stereocenters. The average Bonchev–Trinajstić information content (AvgIpc) is 2.18. The molecule has 2 rings (SSSR count). The van der Waals surface area contributed by atoms with Gasteiger partial charge in [0.25, 0.3) is 0 Å². The highest BCUT2D eigenvalue weighted by Gasteiger charge is 2.07.